The van der Waals surface area contributed by atoms with Gasteiger partial charge in [0.15, 0.2) is 11.6 Å². The van der Waals surface area contributed by atoms with E-state index in [0.717, 1.165) is 31.7 Å². The SMILES string of the molecule is CC(=O)NC1CCC(NC(=O)c2cnc(Nc3ncc(C#N)cc3F)cc2NC(C)C)CC1. The van der Waals surface area contributed by atoms with Gasteiger partial charge in [0.05, 0.1) is 16.8 Å². The van der Waals surface area contributed by atoms with Crippen molar-refractivity contribution in [3.8, 4) is 6.07 Å². The minimum Gasteiger partial charge on any atom is -0.382 e. The van der Waals surface area contributed by atoms with Gasteiger partial charge >= 0.3 is 0 Å². The third-order valence-electron chi connectivity index (χ3n) is 5.28. The first kappa shape index (κ1) is 23.9. The van der Waals surface area contributed by atoms with Crippen molar-refractivity contribution in [3.05, 3.63) is 41.5 Å². The van der Waals surface area contributed by atoms with Crippen LogP contribution >= 0.6 is 0 Å². The van der Waals surface area contributed by atoms with Crippen LogP contribution in [0, 0.1) is 17.1 Å². The molecule has 1 fully saturated rings. The Morgan fingerprint density at radius 2 is 1.76 bits per heavy atom. The van der Waals surface area contributed by atoms with Crippen molar-refractivity contribution in [1.29, 1.82) is 5.26 Å². The fourth-order valence-corrected chi connectivity index (χ4v) is 3.78. The highest BCUT2D eigenvalue weighted by Crippen LogP contribution is 2.24. The van der Waals surface area contributed by atoms with Crippen LogP contribution in [0.15, 0.2) is 24.5 Å². The molecule has 0 aliphatic heterocycles. The van der Waals surface area contributed by atoms with Gasteiger partial charge in [-0.05, 0) is 45.6 Å². The number of anilines is 3. The van der Waals surface area contributed by atoms with Gasteiger partial charge in [0.1, 0.15) is 11.9 Å². The second-order valence-electron chi connectivity index (χ2n) is 8.43. The number of nitrogens with zero attached hydrogens (tertiary/aromatic N) is 3. The zero-order valence-electron chi connectivity index (χ0n) is 18.9. The summed E-state index contributed by atoms with van der Waals surface area (Å²) in [6.07, 6.45) is 5.88. The summed E-state index contributed by atoms with van der Waals surface area (Å²) >= 11 is 0. The lowest BCUT2D eigenvalue weighted by Gasteiger charge is -2.29. The maximum Gasteiger partial charge on any atom is 0.255 e. The lowest BCUT2D eigenvalue weighted by atomic mass is 9.91. The summed E-state index contributed by atoms with van der Waals surface area (Å²) in [5, 5.41) is 20.9. The first-order valence-corrected chi connectivity index (χ1v) is 10.9. The molecule has 1 aliphatic rings. The van der Waals surface area contributed by atoms with Gasteiger partial charge < -0.3 is 21.3 Å². The van der Waals surface area contributed by atoms with Gasteiger partial charge in [-0.15, -0.1) is 0 Å². The van der Waals surface area contributed by atoms with Crippen LogP contribution in [-0.2, 0) is 4.79 Å². The van der Waals surface area contributed by atoms with Gasteiger partial charge in [-0.2, -0.15) is 5.26 Å². The zero-order chi connectivity index (χ0) is 24.0. The molecule has 9 nitrogen and oxygen atoms in total. The van der Waals surface area contributed by atoms with Crippen molar-refractivity contribution < 1.29 is 14.0 Å². The van der Waals surface area contributed by atoms with Gasteiger partial charge in [0, 0.05) is 43.5 Å². The highest BCUT2D eigenvalue weighted by molar-refractivity contribution is 6.00. The fourth-order valence-electron chi connectivity index (χ4n) is 3.78. The number of halogens is 1. The monoisotopic (exact) mass is 453 g/mol. The normalized spacial score (nSPS) is 17.7. The number of carbonyl (C=O) groups excluding carboxylic acids is 2. The summed E-state index contributed by atoms with van der Waals surface area (Å²) in [7, 11) is 0. The molecule has 2 aromatic rings. The number of amides is 2. The Labute approximate surface area is 192 Å². The van der Waals surface area contributed by atoms with Crippen molar-refractivity contribution in [1.82, 2.24) is 20.6 Å². The predicted molar refractivity (Wildman–Crippen MR) is 123 cm³/mol. The molecule has 3 rings (SSSR count). The molecule has 2 heterocycles. The molecule has 0 bridgehead atoms. The molecular formula is C23H28FN7O2. The number of rotatable bonds is 7. The van der Waals surface area contributed by atoms with E-state index in [1.807, 2.05) is 19.9 Å². The first-order valence-electron chi connectivity index (χ1n) is 10.9. The zero-order valence-corrected chi connectivity index (χ0v) is 18.9. The second-order valence-corrected chi connectivity index (χ2v) is 8.43. The summed E-state index contributed by atoms with van der Waals surface area (Å²) in [5.41, 5.74) is 1.05. The van der Waals surface area contributed by atoms with Gasteiger partial charge in [-0.1, -0.05) is 0 Å². The molecule has 2 aromatic heterocycles. The third kappa shape index (κ3) is 6.62. The number of aromatic nitrogens is 2. The second kappa shape index (κ2) is 10.7. The van der Waals surface area contributed by atoms with E-state index >= 15 is 0 Å². The van der Waals surface area contributed by atoms with Crippen LogP contribution in [0.5, 0.6) is 0 Å². The smallest absolute Gasteiger partial charge is 0.255 e. The maximum atomic E-state index is 14.2. The average molecular weight is 454 g/mol. The van der Waals surface area contributed by atoms with E-state index in [1.54, 1.807) is 6.07 Å². The van der Waals surface area contributed by atoms with E-state index in [4.69, 9.17) is 5.26 Å². The van der Waals surface area contributed by atoms with Crippen LogP contribution in [0.1, 0.15) is 62.4 Å². The minimum atomic E-state index is -0.675. The number of hydrogen-bond acceptors (Lipinski definition) is 7. The molecule has 4 N–H and O–H groups in total. The number of carbonyl (C=O) groups is 2. The van der Waals surface area contributed by atoms with Crippen molar-refractivity contribution >= 4 is 29.1 Å². The van der Waals surface area contributed by atoms with Crippen LogP contribution in [0.2, 0.25) is 0 Å². The van der Waals surface area contributed by atoms with Crippen molar-refractivity contribution in [2.45, 2.75) is 64.6 Å². The lowest BCUT2D eigenvalue weighted by Crippen LogP contribution is -2.43. The molecule has 1 aliphatic carbocycles. The Balaban J connectivity index is 1.72. The minimum absolute atomic E-state index is 0.0177. The van der Waals surface area contributed by atoms with Crippen LogP contribution in [0.4, 0.5) is 21.7 Å². The van der Waals surface area contributed by atoms with Crippen LogP contribution in [0.3, 0.4) is 0 Å². The molecule has 0 unspecified atom stereocenters. The summed E-state index contributed by atoms with van der Waals surface area (Å²) in [5.74, 6) is -0.719. The Kier molecular flexibility index (Phi) is 7.77. The number of nitriles is 1. The van der Waals surface area contributed by atoms with E-state index in [-0.39, 0.29) is 41.3 Å². The standard InChI is InChI=1S/C23H28FN7O2/c1-13(2)28-20-9-21(31-22-19(24)8-15(10-25)11-27-22)26-12-18(20)23(33)30-17-6-4-16(5-7-17)29-14(3)32/h8-9,11-13,16-17H,4-7H2,1-3H3,(H,29,32)(H,30,33)(H2,26,27,28,31). The first-order chi connectivity index (χ1) is 15.7. The molecule has 0 aromatic carbocycles. The van der Waals surface area contributed by atoms with E-state index in [2.05, 4.69) is 31.2 Å². The van der Waals surface area contributed by atoms with Crippen molar-refractivity contribution in [3.63, 3.8) is 0 Å². The predicted octanol–water partition coefficient (Wildman–Crippen LogP) is 3.23. The summed E-state index contributed by atoms with van der Waals surface area (Å²) in [6, 6.07) is 4.76. The summed E-state index contributed by atoms with van der Waals surface area (Å²) in [6.45, 7) is 5.40. The molecule has 0 atom stereocenters. The molecule has 10 heteroatoms. The van der Waals surface area contributed by atoms with Crippen LogP contribution in [0.25, 0.3) is 0 Å². The Hall–Kier alpha value is -3.74. The van der Waals surface area contributed by atoms with E-state index < -0.39 is 5.82 Å². The Bertz CT molecular complexity index is 1060. The quantitative estimate of drug-likeness (QED) is 0.506. The number of nitrogens with one attached hydrogen (secondary N) is 4. The maximum absolute atomic E-state index is 14.2. The van der Waals surface area contributed by atoms with Gasteiger partial charge in [-0.25, -0.2) is 14.4 Å². The highest BCUT2D eigenvalue weighted by atomic mass is 19.1. The molecule has 174 valence electrons. The fraction of sp³-hybridized carbons (Fsp3) is 0.435. The molecule has 0 spiro atoms. The number of pyridine rings is 2. The van der Waals surface area contributed by atoms with Crippen LogP contribution in [-0.4, -0.2) is 39.9 Å². The molecule has 2 amide bonds. The van der Waals surface area contributed by atoms with Gasteiger partial charge in [0.2, 0.25) is 5.91 Å². The van der Waals surface area contributed by atoms with Crippen molar-refractivity contribution in [2.75, 3.05) is 10.6 Å². The van der Waals surface area contributed by atoms with Gasteiger partial charge in [-0.3, -0.25) is 9.59 Å². The average Bonchev–Trinajstić information content (AvgIpc) is 2.76. The molecule has 1 saturated carbocycles. The summed E-state index contributed by atoms with van der Waals surface area (Å²) < 4.78 is 14.2. The lowest BCUT2D eigenvalue weighted by molar-refractivity contribution is -0.119. The molecule has 33 heavy (non-hydrogen) atoms. The number of hydrogen-bond donors (Lipinski definition) is 4. The van der Waals surface area contributed by atoms with E-state index in [0.29, 0.717) is 17.1 Å². The summed E-state index contributed by atoms with van der Waals surface area (Å²) in [4.78, 5) is 32.4. The Morgan fingerprint density at radius 1 is 1.09 bits per heavy atom. The largest absolute Gasteiger partial charge is 0.382 e. The van der Waals surface area contributed by atoms with E-state index in [1.165, 1.54) is 19.3 Å². The molecule has 0 radical (unpaired) electrons. The highest BCUT2D eigenvalue weighted by Gasteiger charge is 2.24. The third-order valence-corrected chi connectivity index (χ3v) is 5.28. The molecule has 0 saturated heterocycles. The van der Waals surface area contributed by atoms with Crippen molar-refractivity contribution in [2.24, 2.45) is 0 Å². The van der Waals surface area contributed by atoms with Gasteiger partial charge in [0.25, 0.3) is 5.91 Å². The molecular weight excluding hydrogens is 425 g/mol. The Morgan fingerprint density at radius 3 is 2.33 bits per heavy atom. The van der Waals surface area contributed by atoms with E-state index in [9.17, 15) is 14.0 Å². The van der Waals surface area contributed by atoms with Crippen LogP contribution < -0.4 is 21.3 Å². The topological polar surface area (TPSA) is 132 Å².